The van der Waals surface area contributed by atoms with Gasteiger partial charge in [-0.3, -0.25) is 4.79 Å². The predicted octanol–water partition coefficient (Wildman–Crippen LogP) is 0.901. The van der Waals surface area contributed by atoms with E-state index in [1.54, 1.807) is 6.07 Å². The minimum absolute atomic E-state index is 0.164. The third-order valence-electron chi connectivity index (χ3n) is 1.71. The van der Waals surface area contributed by atoms with E-state index in [0.29, 0.717) is 5.56 Å². The number of carboxylic acid groups (broad SMARTS) is 1. The van der Waals surface area contributed by atoms with Gasteiger partial charge >= 0.3 is 5.97 Å². The van der Waals surface area contributed by atoms with E-state index in [-0.39, 0.29) is 12.2 Å². The lowest BCUT2D eigenvalue weighted by Gasteiger charge is -2.11. The largest absolute Gasteiger partial charge is 0.481 e. The molecule has 5 nitrogen and oxygen atoms in total. The van der Waals surface area contributed by atoms with Crippen molar-refractivity contribution in [2.24, 2.45) is 5.73 Å². The molecule has 0 radical (unpaired) electrons. The fraction of sp³-hybridized carbons (Fsp3) is 0.250. The molecule has 5 N–H and O–H groups in total. The Morgan fingerprint density at radius 3 is 2.93 bits per heavy atom. The van der Waals surface area contributed by atoms with Gasteiger partial charge in [0.25, 0.3) is 0 Å². The predicted molar refractivity (Wildman–Crippen MR) is 55.5 cm³/mol. The number of hydrogen-bond acceptors (Lipinski definition) is 4. The number of carboxylic acids is 1. The van der Waals surface area contributed by atoms with Gasteiger partial charge < -0.3 is 16.6 Å². The molecule has 0 amide bonds. The summed E-state index contributed by atoms with van der Waals surface area (Å²) < 4.78 is 0.725. The molecule has 0 saturated heterocycles. The molecule has 76 valence electrons. The highest BCUT2D eigenvalue weighted by molar-refractivity contribution is 9.10. The van der Waals surface area contributed by atoms with Gasteiger partial charge in [0, 0.05) is 22.3 Å². The summed E-state index contributed by atoms with van der Waals surface area (Å²) >= 11 is 3.21. The third kappa shape index (κ3) is 2.68. The fourth-order valence-electron chi connectivity index (χ4n) is 1.06. The van der Waals surface area contributed by atoms with Crippen LogP contribution in [0.3, 0.4) is 0 Å². The van der Waals surface area contributed by atoms with E-state index in [2.05, 4.69) is 20.9 Å². The first-order valence-electron chi connectivity index (χ1n) is 3.89. The summed E-state index contributed by atoms with van der Waals surface area (Å²) in [4.78, 5) is 14.3. The van der Waals surface area contributed by atoms with E-state index in [1.807, 2.05) is 0 Å². The molecule has 0 aliphatic carbocycles. The summed E-state index contributed by atoms with van der Waals surface area (Å²) in [6.07, 6.45) is 1.37. The summed E-state index contributed by atoms with van der Waals surface area (Å²) in [5.74, 6) is -0.696. The lowest BCUT2D eigenvalue weighted by Crippen LogP contribution is -2.17. The van der Waals surface area contributed by atoms with E-state index >= 15 is 0 Å². The van der Waals surface area contributed by atoms with E-state index in [0.717, 1.165) is 4.47 Å². The zero-order valence-corrected chi connectivity index (χ0v) is 8.86. The number of halogens is 1. The molecule has 0 bridgehead atoms. The van der Waals surface area contributed by atoms with Crippen molar-refractivity contribution in [2.75, 3.05) is 5.73 Å². The fourth-order valence-corrected chi connectivity index (χ4v) is 1.41. The second-order valence-corrected chi connectivity index (χ2v) is 3.75. The van der Waals surface area contributed by atoms with E-state index in [1.165, 1.54) is 6.20 Å². The van der Waals surface area contributed by atoms with Crippen LogP contribution in [-0.4, -0.2) is 16.1 Å². The van der Waals surface area contributed by atoms with Crippen molar-refractivity contribution >= 4 is 27.7 Å². The standard InChI is InChI=1S/C8H10BrN3O2/c9-4-1-5(8(11)12-3-4)6(10)2-7(13)14/h1,3,6H,2,10H2,(H2,11,12)(H,13,14)/t6-/m1/s1. The van der Waals surface area contributed by atoms with E-state index in [9.17, 15) is 4.79 Å². The molecule has 1 rings (SSSR count). The van der Waals surface area contributed by atoms with E-state index in [4.69, 9.17) is 16.6 Å². The molecule has 0 unspecified atom stereocenters. The van der Waals surface area contributed by atoms with Gasteiger partial charge in [0.05, 0.1) is 6.42 Å². The number of nitrogens with two attached hydrogens (primary N) is 2. The van der Waals surface area contributed by atoms with Crippen LogP contribution in [0.4, 0.5) is 5.82 Å². The molecule has 0 aromatic carbocycles. The zero-order chi connectivity index (χ0) is 10.7. The van der Waals surface area contributed by atoms with Gasteiger partial charge in [0.2, 0.25) is 0 Å². The summed E-state index contributed by atoms with van der Waals surface area (Å²) in [6.45, 7) is 0. The molecule has 1 aromatic heterocycles. The van der Waals surface area contributed by atoms with Crippen molar-refractivity contribution in [1.29, 1.82) is 0 Å². The Hall–Kier alpha value is -1.14. The van der Waals surface area contributed by atoms with Gasteiger partial charge in [-0.15, -0.1) is 0 Å². The van der Waals surface area contributed by atoms with Crippen LogP contribution in [0.25, 0.3) is 0 Å². The molecular weight excluding hydrogens is 250 g/mol. The van der Waals surface area contributed by atoms with Crippen LogP contribution in [0.2, 0.25) is 0 Å². The van der Waals surface area contributed by atoms with Crippen LogP contribution < -0.4 is 11.5 Å². The SMILES string of the molecule is Nc1ncc(Br)cc1[C@H](N)CC(=O)O. The molecular formula is C8H10BrN3O2. The molecule has 0 aliphatic heterocycles. The Kier molecular flexibility index (Phi) is 3.43. The highest BCUT2D eigenvalue weighted by atomic mass is 79.9. The topological polar surface area (TPSA) is 102 Å². The highest BCUT2D eigenvalue weighted by Gasteiger charge is 2.14. The number of nitrogen functional groups attached to an aromatic ring is 1. The molecule has 1 heterocycles. The smallest absolute Gasteiger partial charge is 0.305 e. The lowest BCUT2D eigenvalue weighted by molar-refractivity contribution is -0.137. The van der Waals surface area contributed by atoms with Crippen LogP contribution in [0.15, 0.2) is 16.7 Å². The second-order valence-electron chi connectivity index (χ2n) is 2.83. The van der Waals surface area contributed by atoms with Crippen LogP contribution in [0.1, 0.15) is 18.0 Å². The van der Waals surface area contributed by atoms with Crippen LogP contribution in [0.5, 0.6) is 0 Å². The number of nitrogens with zero attached hydrogens (tertiary/aromatic N) is 1. The monoisotopic (exact) mass is 259 g/mol. The normalized spacial score (nSPS) is 12.4. The number of hydrogen-bond donors (Lipinski definition) is 3. The average Bonchev–Trinajstić information content (AvgIpc) is 2.08. The Morgan fingerprint density at radius 1 is 1.71 bits per heavy atom. The maximum absolute atomic E-state index is 10.4. The third-order valence-corrected chi connectivity index (χ3v) is 2.14. The average molecular weight is 260 g/mol. The first-order chi connectivity index (χ1) is 6.50. The first kappa shape index (κ1) is 10.9. The molecule has 0 fully saturated rings. The Bertz CT molecular complexity index is 356. The minimum Gasteiger partial charge on any atom is -0.481 e. The summed E-state index contributed by atoms with van der Waals surface area (Å²) in [5.41, 5.74) is 11.7. The maximum atomic E-state index is 10.4. The molecule has 14 heavy (non-hydrogen) atoms. The number of pyridine rings is 1. The number of aromatic nitrogens is 1. The molecule has 1 aromatic rings. The Balaban J connectivity index is 2.93. The van der Waals surface area contributed by atoms with Crippen molar-refractivity contribution < 1.29 is 9.90 Å². The molecule has 1 atom stereocenters. The van der Waals surface area contributed by atoms with Crippen LogP contribution >= 0.6 is 15.9 Å². The van der Waals surface area contributed by atoms with Gasteiger partial charge in [0.15, 0.2) is 0 Å². The van der Waals surface area contributed by atoms with Gasteiger partial charge in [-0.05, 0) is 22.0 Å². The highest BCUT2D eigenvalue weighted by Crippen LogP contribution is 2.22. The molecule has 0 saturated carbocycles. The van der Waals surface area contributed by atoms with Crippen LogP contribution in [-0.2, 0) is 4.79 Å². The van der Waals surface area contributed by atoms with Crippen molar-refractivity contribution in [1.82, 2.24) is 4.98 Å². The van der Waals surface area contributed by atoms with Crippen LogP contribution in [0, 0.1) is 0 Å². The quantitative estimate of drug-likeness (QED) is 0.749. The lowest BCUT2D eigenvalue weighted by atomic mass is 10.1. The Morgan fingerprint density at radius 2 is 2.36 bits per heavy atom. The van der Waals surface area contributed by atoms with Gasteiger partial charge in [-0.25, -0.2) is 4.98 Å². The van der Waals surface area contributed by atoms with Crippen molar-refractivity contribution in [3.63, 3.8) is 0 Å². The van der Waals surface area contributed by atoms with Gasteiger partial charge in [-0.1, -0.05) is 0 Å². The second kappa shape index (κ2) is 4.39. The minimum atomic E-state index is -0.961. The number of rotatable bonds is 3. The van der Waals surface area contributed by atoms with Crippen molar-refractivity contribution in [2.45, 2.75) is 12.5 Å². The van der Waals surface area contributed by atoms with Gasteiger partial charge in [0.1, 0.15) is 5.82 Å². The number of aliphatic carboxylic acids is 1. The molecule has 6 heteroatoms. The summed E-state index contributed by atoms with van der Waals surface area (Å²) in [5, 5.41) is 8.55. The number of anilines is 1. The number of carbonyl (C=O) groups is 1. The first-order valence-corrected chi connectivity index (χ1v) is 4.68. The van der Waals surface area contributed by atoms with Crippen molar-refractivity contribution in [3.8, 4) is 0 Å². The van der Waals surface area contributed by atoms with Crippen molar-refractivity contribution in [3.05, 3.63) is 22.3 Å². The zero-order valence-electron chi connectivity index (χ0n) is 7.27. The summed E-state index contributed by atoms with van der Waals surface area (Å²) in [6, 6.07) is 1.05. The maximum Gasteiger partial charge on any atom is 0.305 e. The molecule has 0 aliphatic rings. The summed E-state index contributed by atoms with van der Waals surface area (Å²) in [7, 11) is 0. The van der Waals surface area contributed by atoms with Gasteiger partial charge in [-0.2, -0.15) is 0 Å². The van der Waals surface area contributed by atoms with E-state index < -0.39 is 12.0 Å². The molecule has 0 spiro atoms. The Labute approximate surface area is 89.2 Å².